The molecule has 1 N–H and O–H groups in total. The molecule has 168 valence electrons. The molecule has 0 radical (unpaired) electrons. The molecule has 1 aromatic carbocycles. The third kappa shape index (κ3) is 5.29. The molecule has 30 heavy (non-hydrogen) atoms. The first kappa shape index (κ1) is 24.5. The summed E-state index contributed by atoms with van der Waals surface area (Å²) in [6, 6.07) is 4.30. The molecule has 1 aromatic rings. The van der Waals surface area contributed by atoms with E-state index in [1.807, 2.05) is 6.92 Å². The van der Waals surface area contributed by atoms with Crippen molar-refractivity contribution in [2.24, 2.45) is 5.92 Å². The number of aliphatic hydroxyl groups is 1. The second-order valence-corrected chi connectivity index (χ2v) is 9.61. The van der Waals surface area contributed by atoms with Crippen LogP contribution in [0, 0.1) is 5.92 Å². The van der Waals surface area contributed by atoms with Crippen molar-refractivity contribution in [3.63, 3.8) is 0 Å². The lowest BCUT2D eigenvalue weighted by atomic mass is 9.68. The molecular formula is C27H42O3. The molecule has 3 atom stereocenters. The molecule has 0 amide bonds. The predicted octanol–water partition coefficient (Wildman–Crippen LogP) is 6.94. The Morgan fingerprint density at radius 2 is 1.73 bits per heavy atom. The van der Waals surface area contributed by atoms with Gasteiger partial charge < -0.3 is 14.6 Å². The molecule has 0 heterocycles. The summed E-state index contributed by atoms with van der Waals surface area (Å²) in [7, 11) is 3.41. The molecule has 1 saturated carbocycles. The summed E-state index contributed by atoms with van der Waals surface area (Å²) in [6.45, 7) is 17.2. The molecule has 3 nitrogen and oxygen atoms in total. The number of ether oxygens (including phenoxy) is 2. The normalized spacial score (nSPS) is 22.1. The van der Waals surface area contributed by atoms with Crippen LogP contribution in [-0.4, -0.2) is 25.4 Å². The van der Waals surface area contributed by atoms with Crippen LogP contribution >= 0.6 is 0 Å². The summed E-state index contributed by atoms with van der Waals surface area (Å²) in [5.74, 6) is 1.59. The smallest absolute Gasteiger partial charge is 0.126 e. The first-order valence-corrected chi connectivity index (χ1v) is 11.4. The Labute approximate surface area is 184 Å². The number of benzene rings is 1. The lowest BCUT2D eigenvalue weighted by Gasteiger charge is -2.39. The molecule has 0 spiro atoms. The fourth-order valence-electron chi connectivity index (χ4n) is 4.85. The minimum atomic E-state index is -0.629. The maximum Gasteiger partial charge on any atom is 0.126 e. The van der Waals surface area contributed by atoms with Crippen molar-refractivity contribution in [2.75, 3.05) is 14.2 Å². The van der Waals surface area contributed by atoms with E-state index >= 15 is 0 Å². The molecule has 1 unspecified atom stereocenters. The molecule has 1 aliphatic rings. The van der Waals surface area contributed by atoms with Crippen molar-refractivity contribution in [3.8, 4) is 11.5 Å². The SMILES string of the molecule is C=C1CC[C@H](C(=C)C)[C@@H](c2c(OC)cc(C(C)(C)CCCCCC)cc2OC)C1O. The Morgan fingerprint density at radius 1 is 1.13 bits per heavy atom. The first-order valence-electron chi connectivity index (χ1n) is 11.4. The Kier molecular flexibility index (Phi) is 8.61. The number of methoxy groups -OCH3 is 2. The van der Waals surface area contributed by atoms with Gasteiger partial charge in [-0.2, -0.15) is 0 Å². The highest BCUT2D eigenvalue weighted by atomic mass is 16.5. The molecule has 2 rings (SSSR count). The summed E-state index contributed by atoms with van der Waals surface area (Å²) >= 11 is 0. The van der Waals surface area contributed by atoms with Crippen molar-refractivity contribution in [1.82, 2.24) is 0 Å². The van der Waals surface area contributed by atoms with Gasteiger partial charge in [0.15, 0.2) is 0 Å². The van der Waals surface area contributed by atoms with Gasteiger partial charge >= 0.3 is 0 Å². The van der Waals surface area contributed by atoms with Crippen molar-refractivity contribution in [1.29, 1.82) is 0 Å². The summed E-state index contributed by atoms with van der Waals surface area (Å²) in [5.41, 5.74) is 4.13. The average molecular weight is 415 g/mol. The molecular weight excluding hydrogens is 372 g/mol. The summed E-state index contributed by atoms with van der Waals surface area (Å²) in [6.07, 6.45) is 7.26. The van der Waals surface area contributed by atoms with Crippen LogP contribution in [0.15, 0.2) is 36.4 Å². The molecule has 0 bridgehead atoms. The van der Waals surface area contributed by atoms with Gasteiger partial charge in [-0.05, 0) is 60.8 Å². The quantitative estimate of drug-likeness (QED) is 0.333. The second kappa shape index (κ2) is 10.5. The lowest BCUT2D eigenvalue weighted by Crippen LogP contribution is -2.33. The second-order valence-electron chi connectivity index (χ2n) is 9.61. The Morgan fingerprint density at radius 3 is 2.23 bits per heavy atom. The van der Waals surface area contributed by atoms with Gasteiger partial charge in [-0.1, -0.05) is 65.2 Å². The van der Waals surface area contributed by atoms with Gasteiger partial charge in [0.2, 0.25) is 0 Å². The number of hydrogen-bond donors (Lipinski definition) is 1. The van der Waals surface area contributed by atoms with Gasteiger partial charge in [-0.15, -0.1) is 0 Å². The van der Waals surface area contributed by atoms with Crippen LogP contribution in [-0.2, 0) is 5.41 Å². The number of unbranched alkanes of at least 4 members (excludes halogenated alkanes) is 3. The van der Waals surface area contributed by atoms with Gasteiger partial charge in [0.25, 0.3) is 0 Å². The fraction of sp³-hybridized carbons (Fsp3) is 0.630. The van der Waals surface area contributed by atoms with Gasteiger partial charge in [-0.25, -0.2) is 0 Å². The van der Waals surface area contributed by atoms with E-state index < -0.39 is 6.10 Å². The number of hydrogen-bond acceptors (Lipinski definition) is 3. The third-order valence-corrected chi connectivity index (χ3v) is 6.92. The van der Waals surface area contributed by atoms with E-state index in [4.69, 9.17) is 9.47 Å². The monoisotopic (exact) mass is 414 g/mol. The predicted molar refractivity (Wildman–Crippen MR) is 127 cm³/mol. The Hall–Kier alpha value is -1.74. The highest BCUT2D eigenvalue weighted by Gasteiger charge is 2.40. The van der Waals surface area contributed by atoms with Crippen molar-refractivity contribution in [2.45, 2.75) is 90.1 Å². The third-order valence-electron chi connectivity index (χ3n) is 6.92. The van der Waals surface area contributed by atoms with Crippen molar-refractivity contribution < 1.29 is 14.6 Å². The van der Waals surface area contributed by atoms with Gasteiger partial charge in [-0.3, -0.25) is 0 Å². The highest BCUT2D eigenvalue weighted by Crippen LogP contribution is 2.50. The summed E-state index contributed by atoms with van der Waals surface area (Å²) in [5, 5.41) is 11.1. The summed E-state index contributed by atoms with van der Waals surface area (Å²) in [4.78, 5) is 0. The molecule has 1 fully saturated rings. The highest BCUT2D eigenvalue weighted by molar-refractivity contribution is 5.54. The van der Waals surface area contributed by atoms with Gasteiger partial charge in [0, 0.05) is 11.5 Å². The van der Waals surface area contributed by atoms with Crippen LogP contribution in [0.1, 0.15) is 89.7 Å². The minimum absolute atomic E-state index is 0.0232. The molecule has 0 saturated heterocycles. The van der Waals surface area contributed by atoms with Crippen LogP contribution in [0.2, 0.25) is 0 Å². The largest absolute Gasteiger partial charge is 0.496 e. The van der Waals surface area contributed by atoms with Crippen LogP contribution in [0.25, 0.3) is 0 Å². The topological polar surface area (TPSA) is 38.7 Å². The number of allylic oxidation sites excluding steroid dienone is 1. The van der Waals surface area contributed by atoms with Gasteiger partial charge in [0.1, 0.15) is 11.5 Å². The van der Waals surface area contributed by atoms with Crippen LogP contribution in [0.3, 0.4) is 0 Å². The Bertz CT molecular complexity index is 721. The summed E-state index contributed by atoms with van der Waals surface area (Å²) < 4.78 is 11.8. The van der Waals surface area contributed by atoms with Gasteiger partial charge in [0.05, 0.1) is 20.3 Å². The zero-order valence-corrected chi connectivity index (χ0v) is 20.0. The lowest BCUT2D eigenvalue weighted by molar-refractivity contribution is 0.126. The van der Waals surface area contributed by atoms with Crippen LogP contribution in [0.5, 0.6) is 11.5 Å². The average Bonchev–Trinajstić information content (AvgIpc) is 2.72. The zero-order chi connectivity index (χ0) is 22.5. The standard InChI is InChI=1S/C27H42O3/c1-9-10-11-12-15-27(5,6)20-16-22(29-7)25(23(17-20)30-8)24-21(18(2)3)14-13-19(4)26(24)28/h16-17,21,24,26,28H,2,4,9-15H2,1,3,5-8H3/t21-,24+,26?/m1/s1. The fourth-order valence-corrected chi connectivity index (χ4v) is 4.85. The maximum absolute atomic E-state index is 11.1. The van der Waals surface area contributed by atoms with E-state index in [9.17, 15) is 5.11 Å². The number of aliphatic hydroxyl groups excluding tert-OH is 1. The number of rotatable bonds is 10. The molecule has 0 aliphatic heterocycles. The van der Waals surface area contributed by atoms with E-state index in [1.165, 1.54) is 31.2 Å². The van der Waals surface area contributed by atoms with E-state index in [-0.39, 0.29) is 17.3 Å². The molecule has 0 aromatic heterocycles. The van der Waals surface area contributed by atoms with E-state index in [2.05, 4.69) is 46.1 Å². The maximum atomic E-state index is 11.1. The van der Waals surface area contributed by atoms with E-state index in [1.54, 1.807) is 14.2 Å². The Balaban J connectivity index is 2.50. The molecule has 3 heteroatoms. The van der Waals surface area contributed by atoms with E-state index in [0.717, 1.165) is 47.5 Å². The van der Waals surface area contributed by atoms with E-state index in [0.29, 0.717) is 0 Å². The minimum Gasteiger partial charge on any atom is -0.496 e. The van der Waals surface area contributed by atoms with Crippen molar-refractivity contribution >= 4 is 0 Å². The van der Waals surface area contributed by atoms with Crippen LogP contribution < -0.4 is 9.47 Å². The zero-order valence-electron chi connectivity index (χ0n) is 20.0. The van der Waals surface area contributed by atoms with Crippen molar-refractivity contribution in [3.05, 3.63) is 47.6 Å². The van der Waals surface area contributed by atoms with Crippen LogP contribution in [0.4, 0.5) is 0 Å². The molecule has 1 aliphatic carbocycles. The first-order chi connectivity index (χ1) is 14.2.